The highest BCUT2D eigenvalue weighted by Crippen LogP contribution is 2.32. The van der Waals surface area contributed by atoms with E-state index in [1.165, 1.54) is 4.31 Å². The van der Waals surface area contributed by atoms with Crippen LogP contribution in [0, 0.1) is 11.8 Å². The minimum Gasteiger partial charge on any atom is -0.356 e. The van der Waals surface area contributed by atoms with E-state index in [1.807, 2.05) is 6.92 Å². The van der Waals surface area contributed by atoms with Crippen LogP contribution in [0.15, 0.2) is 16.3 Å². The number of carbonyl (C=O) groups excluding carboxylic acids is 1. The topological polar surface area (TPSA) is 73.0 Å². The Bertz CT molecular complexity index is 801. The smallest absolute Gasteiger partial charge is 0.252 e. The molecule has 3 heterocycles. The van der Waals surface area contributed by atoms with E-state index in [0.29, 0.717) is 36.8 Å². The van der Waals surface area contributed by atoms with Gasteiger partial charge in [-0.05, 0) is 50.9 Å². The van der Waals surface area contributed by atoms with Crippen molar-refractivity contribution >= 4 is 38.9 Å². The number of hydrogen-bond donors (Lipinski definition) is 1. The zero-order valence-electron chi connectivity index (χ0n) is 17.8. The summed E-state index contributed by atoms with van der Waals surface area (Å²) in [6.07, 6.45) is 2.37. The highest BCUT2D eigenvalue weighted by atomic mass is 35.5. The number of amides is 1. The van der Waals surface area contributed by atoms with Crippen molar-refractivity contribution in [3.8, 4) is 0 Å². The molecule has 30 heavy (non-hydrogen) atoms. The predicted molar refractivity (Wildman–Crippen MR) is 122 cm³/mol. The number of rotatable bonds is 8. The van der Waals surface area contributed by atoms with Gasteiger partial charge in [-0.2, -0.15) is 4.31 Å². The van der Waals surface area contributed by atoms with Gasteiger partial charge in [-0.3, -0.25) is 4.79 Å². The van der Waals surface area contributed by atoms with Gasteiger partial charge in [-0.15, -0.1) is 11.3 Å². The molecule has 0 aromatic carbocycles. The standard InChI is InChI=1S/C20H33ClN4O3S2/c1-16(20(26)22-8-3-9-24-14-12-23(2)13-15-24)17-6-10-25(11-7-17)30(27,28)19-5-4-18(21)29-19/h4-5,16-17H,3,6-15H2,1-2H3,(H,22,26)/t16-/m0/s1. The summed E-state index contributed by atoms with van der Waals surface area (Å²) in [5.74, 6) is 0.190. The summed E-state index contributed by atoms with van der Waals surface area (Å²) >= 11 is 6.98. The monoisotopic (exact) mass is 476 g/mol. The Kier molecular flexibility index (Phi) is 8.57. The normalized spacial score (nSPS) is 21.6. The van der Waals surface area contributed by atoms with Crippen molar-refractivity contribution in [3.63, 3.8) is 0 Å². The number of nitrogens with zero attached hydrogens (tertiary/aromatic N) is 3. The molecule has 3 rings (SSSR count). The largest absolute Gasteiger partial charge is 0.356 e. The quantitative estimate of drug-likeness (QED) is 0.582. The molecule has 0 saturated carbocycles. The molecule has 1 aromatic heterocycles. The minimum atomic E-state index is -3.48. The molecule has 170 valence electrons. The second kappa shape index (κ2) is 10.7. The molecule has 1 N–H and O–H groups in total. The zero-order valence-corrected chi connectivity index (χ0v) is 20.2. The van der Waals surface area contributed by atoms with Crippen molar-refractivity contribution in [2.24, 2.45) is 11.8 Å². The Hall–Kier alpha value is -0.710. The number of thiophene rings is 1. The van der Waals surface area contributed by atoms with Gasteiger partial charge in [-0.25, -0.2) is 8.42 Å². The number of piperazine rings is 1. The number of piperidine rings is 1. The summed E-state index contributed by atoms with van der Waals surface area (Å²) in [5, 5.41) is 3.08. The van der Waals surface area contributed by atoms with E-state index in [-0.39, 0.29) is 22.0 Å². The summed E-state index contributed by atoms with van der Waals surface area (Å²) in [5.41, 5.74) is 0. The first-order chi connectivity index (χ1) is 14.3. The predicted octanol–water partition coefficient (Wildman–Crippen LogP) is 2.19. The summed E-state index contributed by atoms with van der Waals surface area (Å²) in [7, 11) is -1.33. The first-order valence-corrected chi connectivity index (χ1v) is 13.3. The summed E-state index contributed by atoms with van der Waals surface area (Å²) < 4.78 is 27.7. The van der Waals surface area contributed by atoms with Crippen molar-refractivity contribution in [2.45, 2.75) is 30.4 Å². The third kappa shape index (κ3) is 6.17. The molecule has 1 amide bonds. The van der Waals surface area contributed by atoms with Gasteiger partial charge in [-0.1, -0.05) is 18.5 Å². The van der Waals surface area contributed by atoms with Gasteiger partial charge in [0.25, 0.3) is 10.0 Å². The molecular weight excluding hydrogens is 444 g/mol. The van der Waals surface area contributed by atoms with Crippen molar-refractivity contribution in [1.82, 2.24) is 19.4 Å². The van der Waals surface area contributed by atoms with Gasteiger partial charge in [0.05, 0.1) is 4.34 Å². The second-order valence-electron chi connectivity index (χ2n) is 8.38. The van der Waals surface area contributed by atoms with E-state index in [1.54, 1.807) is 12.1 Å². The van der Waals surface area contributed by atoms with E-state index >= 15 is 0 Å². The van der Waals surface area contributed by atoms with Gasteiger partial charge >= 0.3 is 0 Å². The maximum absolute atomic E-state index is 12.7. The van der Waals surface area contributed by atoms with Crippen molar-refractivity contribution in [2.75, 3.05) is 59.4 Å². The Balaban J connectivity index is 1.38. The fraction of sp³-hybridized carbons (Fsp3) is 0.750. The van der Waals surface area contributed by atoms with E-state index in [2.05, 4.69) is 22.2 Å². The molecule has 2 fully saturated rings. The van der Waals surface area contributed by atoms with Crippen LogP contribution >= 0.6 is 22.9 Å². The van der Waals surface area contributed by atoms with Crippen molar-refractivity contribution in [1.29, 1.82) is 0 Å². The second-order valence-corrected chi connectivity index (χ2v) is 12.3. The lowest BCUT2D eigenvalue weighted by atomic mass is 9.85. The lowest BCUT2D eigenvalue weighted by Gasteiger charge is -2.33. The third-order valence-corrected chi connectivity index (χ3v) is 9.91. The first-order valence-electron chi connectivity index (χ1n) is 10.7. The van der Waals surface area contributed by atoms with E-state index < -0.39 is 10.0 Å². The average Bonchev–Trinajstić information content (AvgIpc) is 3.19. The number of likely N-dealkylation sites (N-methyl/N-ethyl adjacent to an activating group) is 1. The molecule has 1 atom stereocenters. The molecule has 2 aliphatic rings. The molecule has 0 radical (unpaired) electrons. The van der Waals surface area contributed by atoms with Crippen LogP contribution in [-0.2, 0) is 14.8 Å². The molecule has 2 aliphatic heterocycles. The van der Waals surface area contributed by atoms with Crippen LogP contribution in [-0.4, -0.2) is 87.8 Å². The van der Waals surface area contributed by atoms with E-state index in [0.717, 1.165) is 50.5 Å². The Morgan fingerprint density at radius 2 is 1.87 bits per heavy atom. The number of nitrogens with one attached hydrogen (secondary N) is 1. The van der Waals surface area contributed by atoms with E-state index in [4.69, 9.17) is 11.6 Å². The molecule has 7 nitrogen and oxygen atoms in total. The van der Waals surface area contributed by atoms with Crippen LogP contribution in [0.3, 0.4) is 0 Å². The average molecular weight is 477 g/mol. The Labute approximate surface area is 189 Å². The van der Waals surface area contributed by atoms with Crippen LogP contribution in [0.25, 0.3) is 0 Å². The molecule has 1 aromatic rings. The van der Waals surface area contributed by atoms with Crippen LogP contribution in [0.5, 0.6) is 0 Å². The van der Waals surface area contributed by atoms with Crippen LogP contribution in [0.4, 0.5) is 0 Å². The van der Waals surface area contributed by atoms with Gasteiger partial charge in [0.15, 0.2) is 0 Å². The van der Waals surface area contributed by atoms with Crippen LogP contribution in [0.2, 0.25) is 4.34 Å². The molecule has 2 saturated heterocycles. The molecule has 0 spiro atoms. The Morgan fingerprint density at radius 3 is 2.47 bits per heavy atom. The van der Waals surface area contributed by atoms with Crippen LogP contribution < -0.4 is 5.32 Å². The minimum absolute atomic E-state index is 0.0831. The number of hydrogen-bond acceptors (Lipinski definition) is 6. The van der Waals surface area contributed by atoms with Crippen molar-refractivity contribution in [3.05, 3.63) is 16.5 Å². The highest BCUT2D eigenvalue weighted by molar-refractivity contribution is 7.91. The number of carbonyl (C=O) groups is 1. The fourth-order valence-electron chi connectivity index (χ4n) is 4.14. The molecule has 0 unspecified atom stereocenters. The maximum Gasteiger partial charge on any atom is 0.252 e. The SMILES string of the molecule is C[C@H](C(=O)NCCCN1CCN(C)CC1)C1CCN(S(=O)(=O)c2ccc(Cl)s2)CC1. The first kappa shape index (κ1) is 23.9. The van der Waals surface area contributed by atoms with Gasteiger partial charge in [0, 0.05) is 51.7 Å². The fourth-order valence-corrected chi connectivity index (χ4v) is 7.25. The molecule has 0 aliphatic carbocycles. The summed E-state index contributed by atoms with van der Waals surface area (Å²) in [6.45, 7) is 8.98. The van der Waals surface area contributed by atoms with Gasteiger partial charge < -0.3 is 15.1 Å². The molecule has 10 heteroatoms. The molecular formula is C20H33ClN4O3S2. The number of halogens is 1. The van der Waals surface area contributed by atoms with Gasteiger partial charge in [0.1, 0.15) is 4.21 Å². The zero-order chi connectivity index (χ0) is 21.7. The maximum atomic E-state index is 12.7. The van der Waals surface area contributed by atoms with E-state index in [9.17, 15) is 13.2 Å². The number of sulfonamides is 1. The lowest BCUT2D eigenvalue weighted by Crippen LogP contribution is -2.45. The Morgan fingerprint density at radius 1 is 1.20 bits per heavy atom. The third-order valence-electron chi connectivity index (χ3n) is 6.31. The highest BCUT2D eigenvalue weighted by Gasteiger charge is 2.34. The summed E-state index contributed by atoms with van der Waals surface area (Å²) in [4.78, 5) is 17.4. The molecule has 0 bridgehead atoms. The lowest BCUT2D eigenvalue weighted by molar-refractivity contribution is -0.126. The van der Waals surface area contributed by atoms with Gasteiger partial charge in [0.2, 0.25) is 5.91 Å². The summed E-state index contributed by atoms with van der Waals surface area (Å²) in [6, 6.07) is 3.18. The van der Waals surface area contributed by atoms with Crippen molar-refractivity contribution < 1.29 is 13.2 Å². The van der Waals surface area contributed by atoms with Crippen LogP contribution in [0.1, 0.15) is 26.2 Å².